The maximum absolute atomic E-state index is 13.1. The fourth-order valence-electron chi connectivity index (χ4n) is 3.61. The number of benzene rings is 3. The zero-order valence-corrected chi connectivity index (χ0v) is 21.0. The highest BCUT2D eigenvalue weighted by Gasteiger charge is 2.35. The smallest absolute Gasteiger partial charge is 0.293 e. The molecule has 0 aliphatic carbocycles. The number of carbonyl (C=O) groups excluding carboxylic acids is 2. The van der Waals surface area contributed by atoms with Gasteiger partial charge < -0.3 is 9.47 Å². The summed E-state index contributed by atoms with van der Waals surface area (Å²) in [6.45, 7) is 4.28. The van der Waals surface area contributed by atoms with E-state index in [1.807, 2.05) is 62.4 Å². The Morgan fingerprint density at radius 1 is 1.12 bits per heavy atom. The third kappa shape index (κ3) is 4.94. The van der Waals surface area contributed by atoms with Crippen molar-refractivity contribution in [1.82, 2.24) is 4.90 Å². The van der Waals surface area contributed by atoms with Gasteiger partial charge in [0.2, 0.25) is 0 Å². The molecule has 1 aliphatic rings. The van der Waals surface area contributed by atoms with Crippen molar-refractivity contribution < 1.29 is 19.1 Å². The zero-order valence-electron chi connectivity index (χ0n) is 18.6. The van der Waals surface area contributed by atoms with Crippen molar-refractivity contribution in [3.05, 3.63) is 75.1 Å². The van der Waals surface area contributed by atoms with Gasteiger partial charge in [0.15, 0.2) is 11.5 Å². The van der Waals surface area contributed by atoms with Crippen LogP contribution in [0, 0.1) is 0 Å². The number of thioether (sulfide) groups is 1. The Labute approximate surface area is 205 Å². The first-order chi connectivity index (χ1) is 15.9. The Hall–Kier alpha value is -2.77. The predicted molar refractivity (Wildman–Crippen MR) is 137 cm³/mol. The highest BCUT2D eigenvalue weighted by Crippen LogP contribution is 2.40. The SMILES string of the molecule is CCC(C)Oc1c(Br)cc(/C=C2/SC(=O)N(Cc3cccc4ccccc34)C2=O)cc1OC. The summed E-state index contributed by atoms with van der Waals surface area (Å²) < 4.78 is 12.2. The molecule has 5 nitrogen and oxygen atoms in total. The van der Waals surface area contributed by atoms with Crippen molar-refractivity contribution in [1.29, 1.82) is 0 Å². The van der Waals surface area contributed by atoms with Gasteiger partial charge in [-0.1, -0.05) is 49.4 Å². The summed E-state index contributed by atoms with van der Waals surface area (Å²) >= 11 is 4.50. The summed E-state index contributed by atoms with van der Waals surface area (Å²) in [4.78, 5) is 27.5. The van der Waals surface area contributed by atoms with Gasteiger partial charge in [-0.25, -0.2) is 0 Å². The second kappa shape index (κ2) is 10.0. The Bertz CT molecular complexity index is 1250. The van der Waals surface area contributed by atoms with Gasteiger partial charge in [0.05, 0.1) is 29.1 Å². The molecule has 2 amide bonds. The standard InChI is InChI=1S/C26H24BrNO4S/c1-4-16(2)32-24-21(27)12-17(13-22(24)31-3)14-23-25(29)28(26(30)33-23)15-19-10-7-9-18-8-5-6-11-20(18)19/h5-14,16H,4,15H2,1-3H3/b23-14+. The molecule has 4 rings (SSSR count). The molecule has 33 heavy (non-hydrogen) atoms. The molecule has 1 aliphatic heterocycles. The van der Waals surface area contributed by atoms with E-state index in [4.69, 9.17) is 9.47 Å². The van der Waals surface area contributed by atoms with Crippen LogP contribution in [0.2, 0.25) is 0 Å². The summed E-state index contributed by atoms with van der Waals surface area (Å²) in [6.07, 6.45) is 2.61. The summed E-state index contributed by atoms with van der Waals surface area (Å²) in [5.41, 5.74) is 1.68. The topological polar surface area (TPSA) is 55.8 Å². The zero-order chi connectivity index (χ0) is 23.5. The van der Waals surface area contributed by atoms with Crippen LogP contribution in [0.4, 0.5) is 4.79 Å². The monoisotopic (exact) mass is 525 g/mol. The molecule has 7 heteroatoms. The van der Waals surface area contributed by atoms with Gasteiger partial charge in [-0.2, -0.15) is 0 Å². The number of carbonyl (C=O) groups is 2. The molecule has 1 atom stereocenters. The average Bonchev–Trinajstić information content (AvgIpc) is 3.07. The number of hydrogen-bond donors (Lipinski definition) is 0. The van der Waals surface area contributed by atoms with Gasteiger partial charge in [-0.15, -0.1) is 0 Å². The van der Waals surface area contributed by atoms with Gasteiger partial charge in [0, 0.05) is 0 Å². The van der Waals surface area contributed by atoms with Crippen molar-refractivity contribution >= 4 is 55.7 Å². The van der Waals surface area contributed by atoms with E-state index >= 15 is 0 Å². The summed E-state index contributed by atoms with van der Waals surface area (Å²) in [6, 6.07) is 17.5. The maximum Gasteiger partial charge on any atom is 0.293 e. The summed E-state index contributed by atoms with van der Waals surface area (Å²) in [5, 5.41) is 1.84. The molecule has 0 spiro atoms. The lowest BCUT2D eigenvalue weighted by atomic mass is 10.0. The highest BCUT2D eigenvalue weighted by atomic mass is 79.9. The molecular weight excluding hydrogens is 502 g/mol. The van der Waals surface area contributed by atoms with E-state index in [9.17, 15) is 9.59 Å². The quantitative estimate of drug-likeness (QED) is 0.310. The summed E-state index contributed by atoms with van der Waals surface area (Å²) in [7, 11) is 1.58. The number of methoxy groups -OCH3 is 1. The van der Waals surface area contributed by atoms with E-state index in [1.165, 1.54) is 4.90 Å². The van der Waals surface area contributed by atoms with E-state index in [0.717, 1.165) is 44.6 Å². The van der Waals surface area contributed by atoms with E-state index in [2.05, 4.69) is 15.9 Å². The number of hydrogen-bond acceptors (Lipinski definition) is 5. The van der Waals surface area contributed by atoms with Crippen LogP contribution in [0.25, 0.3) is 16.8 Å². The van der Waals surface area contributed by atoms with Crippen LogP contribution >= 0.6 is 27.7 Å². The second-order valence-electron chi connectivity index (χ2n) is 7.78. The third-order valence-electron chi connectivity index (χ3n) is 5.53. The van der Waals surface area contributed by atoms with Crippen LogP contribution in [-0.2, 0) is 11.3 Å². The lowest BCUT2D eigenvalue weighted by Gasteiger charge is -2.17. The second-order valence-corrected chi connectivity index (χ2v) is 9.62. The lowest BCUT2D eigenvalue weighted by molar-refractivity contribution is -0.123. The van der Waals surface area contributed by atoms with Crippen molar-refractivity contribution in [2.24, 2.45) is 0 Å². The molecular formula is C26H24BrNO4S. The Morgan fingerprint density at radius 3 is 2.64 bits per heavy atom. The van der Waals surface area contributed by atoms with E-state index in [0.29, 0.717) is 16.4 Å². The van der Waals surface area contributed by atoms with Gasteiger partial charge in [-0.3, -0.25) is 14.5 Å². The van der Waals surface area contributed by atoms with Crippen molar-refractivity contribution in [2.45, 2.75) is 32.9 Å². The largest absolute Gasteiger partial charge is 0.493 e. The van der Waals surface area contributed by atoms with Gasteiger partial charge in [0.1, 0.15) is 0 Å². The van der Waals surface area contributed by atoms with E-state index in [1.54, 1.807) is 19.3 Å². The minimum atomic E-state index is -0.298. The maximum atomic E-state index is 13.1. The third-order valence-corrected chi connectivity index (χ3v) is 7.02. The number of halogens is 1. The first kappa shape index (κ1) is 23.4. The predicted octanol–water partition coefficient (Wildman–Crippen LogP) is 7.02. The van der Waals surface area contributed by atoms with Crippen molar-refractivity contribution in [2.75, 3.05) is 7.11 Å². The van der Waals surface area contributed by atoms with Gasteiger partial charge >= 0.3 is 0 Å². The van der Waals surface area contributed by atoms with Crippen LogP contribution in [-0.4, -0.2) is 29.3 Å². The molecule has 0 aromatic heterocycles. The number of amides is 2. The Kier molecular flexibility index (Phi) is 7.10. The molecule has 170 valence electrons. The van der Waals surface area contributed by atoms with E-state index < -0.39 is 0 Å². The fraction of sp³-hybridized carbons (Fsp3) is 0.231. The van der Waals surface area contributed by atoms with Gasteiger partial charge in [0.25, 0.3) is 11.1 Å². The Morgan fingerprint density at radius 2 is 1.88 bits per heavy atom. The van der Waals surface area contributed by atoms with Gasteiger partial charge in [-0.05, 0) is 81.1 Å². The van der Waals surface area contributed by atoms with Crippen molar-refractivity contribution in [3.63, 3.8) is 0 Å². The number of fused-ring (bicyclic) bond motifs is 1. The van der Waals surface area contributed by atoms with Crippen LogP contribution < -0.4 is 9.47 Å². The van der Waals surface area contributed by atoms with Crippen LogP contribution in [0.3, 0.4) is 0 Å². The number of imide groups is 1. The molecule has 1 heterocycles. The molecule has 1 unspecified atom stereocenters. The first-order valence-corrected chi connectivity index (χ1v) is 12.3. The van der Waals surface area contributed by atoms with E-state index in [-0.39, 0.29) is 23.8 Å². The molecule has 1 saturated heterocycles. The number of nitrogens with zero attached hydrogens (tertiary/aromatic N) is 1. The highest BCUT2D eigenvalue weighted by molar-refractivity contribution is 9.10. The molecule has 3 aromatic rings. The Balaban J connectivity index is 1.61. The van der Waals surface area contributed by atoms with Crippen LogP contribution in [0.15, 0.2) is 64.0 Å². The van der Waals surface area contributed by atoms with Crippen LogP contribution in [0.5, 0.6) is 11.5 Å². The normalized spacial score (nSPS) is 16.0. The van der Waals surface area contributed by atoms with Crippen molar-refractivity contribution in [3.8, 4) is 11.5 Å². The fourth-order valence-corrected chi connectivity index (χ4v) is 5.00. The number of rotatable bonds is 7. The minimum Gasteiger partial charge on any atom is -0.493 e. The van der Waals surface area contributed by atoms with Crippen LogP contribution in [0.1, 0.15) is 31.4 Å². The average molecular weight is 526 g/mol. The molecule has 0 radical (unpaired) electrons. The minimum absolute atomic E-state index is 0.0339. The molecule has 0 saturated carbocycles. The summed E-state index contributed by atoms with van der Waals surface area (Å²) in [5.74, 6) is 0.881. The number of ether oxygens (including phenoxy) is 2. The molecule has 3 aromatic carbocycles. The first-order valence-electron chi connectivity index (χ1n) is 10.7. The molecule has 0 bridgehead atoms. The molecule has 0 N–H and O–H groups in total. The lowest BCUT2D eigenvalue weighted by Crippen LogP contribution is -2.27. The molecule has 1 fully saturated rings.